The lowest BCUT2D eigenvalue weighted by Gasteiger charge is -2.10. The van der Waals surface area contributed by atoms with Crippen LogP contribution in [0.2, 0.25) is 5.02 Å². The molecule has 0 atom stereocenters. The average Bonchev–Trinajstić information content (AvgIpc) is 2.78. The molecule has 33 heavy (non-hydrogen) atoms. The molecule has 0 fully saturated rings. The number of rotatable bonds is 8. The number of hydrogen-bond donors (Lipinski definition) is 4. The highest BCUT2D eigenvalue weighted by molar-refractivity contribution is 7.92. The first-order valence-corrected chi connectivity index (χ1v) is 11.1. The molecule has 0 aliphatic carbocycles. The summed E-state index contributed by atoms with van der Waals surface area (Å²) in [5, 5.41) is 35.4. The second kappa shape index (κ2) is 9.81. The van der Waals surface area contributed by atoms with Gasteiger partial charge < -0.3 is 10.2 Å². The van der Waals surface area contributed by atoms with Crippen LogP contribution in [0.25, 0.3) is 0 Å². The quantitative estimate of drug-likeness (QED) is 0.211. The number of anilines is 2. The molecule has 2 aromatic carbocycles. The largest absolute Gasteiger partial charge is 0.505 e. The molecule has 172 valence electrons. The van der Waals surface area contributed by atoms with E-state index in [1.54, 1.807) is 6.92 Å². The third-order valence-electron chi connectivity index (χ3n) is 4.48. The lowest BCUT2D eigenvalue weighted by molar-refractivity contribution is -0.384. The molecule has 0 amide bonds. The summed E-state index contributed by atoms with van der Waals surface area (Å²) in [7, 11) is -4.11. The van der Waals surface area contributed by atoms with Gasteiger partial charge in [-0.2, -0.15) is 5.10 Å². The summed E-state index contributed by atoms with van der Waals surface area (Å²) < 4.78 is 27.6. The van der Waals surface area contributed by atoms with Crippen LogP contribution in [0.5, 0.6) is 5.75 Å². The van der Waals surface area contributed by atoms with Gasteiger partial charge in [0.25, 0.3) is 15.7 Å². The van der Waals surface area contributed by atoms with Crippen LogP contribution in [0.1, 0.15) is 16.8 Å². The first-order valence-electron chi connectivity index (χ1n) is 9.26. The SMILES string of the molecule is Cc1ncc(CO)c(C=NNc2ccc(S(=O)(=O)Nc3ccc(Cl)cc3)cc2[N+](=O)[O-])c1O. The molecule has 0 aliphatic rings. The highest BCUT2D eigenvalue weighted by atomic mass is 35.5. The number of nitro benzene ring substituents is 1. The fraction of sp³-hybridized carbons (Fsp3) is 0.100. The van der Waals surface area contributed by atoms with Crippen LogP contribution in [-0.4, -0.2) is 34.8 Å². The Bertz CT molecular complexity index is 1330. The molecule has 0 unspecified atom stereocenters. The summed E-state index contributed by atoms with van der Waals surface area (Å²) in [6, 6.07) is 9.16. The van der Waals surface area contributed by atoms with Crippen molar-refractivity contribution in [3.8, 4) is 5.75 Å². The van der Waals surface area contributed by atoms with Crippen LogP contribution in [0.4, 0.5) is 17.1 Å². The number of nitro groups is 1. The maximum Gasteiger partial charge on any atom is 0.295 e. The molecule has 0 saturated heterocycles. The summed E-state index contributed by atoms with van der Waals surface area (Å²) in [5.41, 5.74) is 2.87. The van der Waals surface area contributed by atoms with Crippen LogP contribution < -0.4 is 10.1 Å². The molecular weight excluding hydrogens is 474 g/mol. The Morgan fingerprint density at radius 1 is 1.24 bits per heavy atom. The van der Waals surface area contributed by atoms with E-state index in [0.29, 0.717) is 16.3 Å². The fourth-order valence-corrected chi connectivity index (χ4v) is 3.95. The zero-order valence-electron chi connectivity index (χ0n) is 17.1. The molecule has 0 aliphatic heterocycles. The minimum Gasteiger partial charge on any atom is -0.505 e. The molecule has 1 heterocycles. The topological polar surface area (TPSA) is 167 Å². The van der Waals surface area contributed by atoms with Crippen LogP contribution in [0, 0.1) is 17.0 Å². The van der Waals surface area contributed by atoms with E-state index < -0.39 is 27.2 Å². The summed E-state index contributed by atoms with van der Waals surface area (Å²) in [5.74, 6) is -0.198. The third-order valence-corrected chi connectivity index (χ3v) is 6.11. The molecule has 11 nitrogen and oxygen atoms in total. The van der Waals surface area contributed by atoms with Gasteiger partial charge in [-0.25, -0.2) is 8.42 Å². The van der Waals surface area contributed by atoms with E-state index in [1.165, 1.54) is 48.8 Å². The second-order valence-electron chi connectivity index (χ2n) is 6.71. The number of nitrogens with one attached hydrogen (secondary N) is 2. The maximum atomic E-state index is 12.6. The van der Waals surface area contributed by atoms with Gasteiger partial charge >= 0.3 is 0 Å². The number of halogens is 1. The summed E-state index contributed by atoms with van der Waals surface area (Å²) in [6.07, 6.45) is 2.54. The predicted molar refractivity (Wildman–Crippen MR) is 123 cm³/mol. The number of aliphatic hydroxyl groups is 1. The van der Waals surface area contributed by atoms with Crippen molar-refractivity contribution in [3.05, 3.63) is 80.6 Å². The predicted octanol–water partition coefficient (Wildman–Crippen LogP) is 3.40. The van der Waals surface area contributed by atoms with Gasteiger partial charge in [0.15, 0.2) is 0 Å². The van der Waals surface area contributed by atoms with Gasteiger partial charge in [0.1, 0.15) is 11.4 Å². The van der Waals surface area contributed by atoms with E-state index in [4.69, 9.17) is 11.6 Å². The number of sulfonamides is 1. The second-order valence-corrected chi connectivity index (χ2v) is 8.83. The molecule has 0 bridgehead atoms. The van der Waals surface area contributed by atoms with Crippen molar-refractivity contribution in [2.75, 3.05) is 10.1 Å². The van der Waals surface area contributed by atoms with Crippen molar-refractivity contribution < 1.29 is 23.6 Å². The third kappa shape index (κ3) is 5.55. The van der Waals surface area contributed by atoms with Crippen molar-refractivity contribution in [1.29, 1.82) is 0 Å². The van der Waals surface area contributed by atoms with Crippen LogP contribution >= 0.6 is 11.6 Å². The van der Waals surface area contributed by atoms with Crippen molar-refractivity contribution in [2.24, 2.45) is 5.10 Å². The minimum absolute atomic E-state index is 0.0856. The Morgan fingerprint density at radius 2 is 1.94 bits per heavy atom. The van der Waals surface area contributed by atoms with E-state index in [-0.39, 0.29) is 27.6 Å². The molecule has 0 saturated carbocycles. The molecule has 3 aromatic rings. The molecule has 0 radical (unpaired) electrons. The first kappa shape index (κ1) is 23.9. The molecule has 1 aromatic heterocycles. The van der Waals surface area contributed by atoms with E-state index in [9.17, 15) is 28.7 Å². The fourth-order valence-electron chi connectivity index (χ4n) is 2.75. The Kier molecular flexibility index (Phi) is 7.11. The first-order chi connectivity index (χ1) is 15.6. The number of aromatic nitrogens is 1. The van der Waals surface area contributed by atoms with E-state index in [2.05, 4.69) is 20.2 Å². The number of nitrogens with zero attached hydrogens (tertiary/aromatic N) is 3. The number of benzene rings is 2. The molecular formula is C20H18ClN5O6S. The van der Waals surface area contributed by atoms with Crippen molar-refractivity contribution >= 4 is 44.9 Å². The Hall–Kier alpha value is -3.74. The Morgan fingerprint density at radius 3 is 2.58 bits per heavy atom. The summed E-state index contributed by atoms with van der Waals surface area (Å²) in [4.78, 5) is 14.4. The number of pyridine rings is 1. The Balaban J connectivity index is 1.88. The van der Waals surface area contributed by atoms with Crippen molar-refractivity contribution in [2.45, 2.75) is 18.4 Å². The standard InChI is InChI=1S/C20H18ClN5O6S/c1-12-20(28)17(13(11-27)9-22-12)10-23-24-18-7-6-16(8-19(18)26(29)30)33(31,32)25-15-4-2-14(21)3-5-15/h2-10,24-25,27-28H,11H2,1H3. The highest BCUT2D eigenvalue weighted by Gasteiger charge is 2.22. The number of aryl methyl sites for hydroxylation is 1. The van der Waals surface area contributed by atoms with Gasteiger partial charge in [-0.15, -0.1) is 0 Å². The normalized spacial score (nSPS) is 11.5. The average molecular weight is 492 g/mol. The van der Waals surface area contributed by atoms with Gasteiger partial charge in [-0.1, -0.05) is 11.6 Å². The van der Waals surface area contributed by atoms with Crippen molar-refractivity contribution in [1.82, 2.24) is 4.98 Å². The smallest absolute Gasteiger partial charge is 0.295 e. The van der Waals surface area contributed by atoms with Crippen molar-refractivity contribution in [3.63, 3.8) is 0 Å². The Labute approximate surface area is 193 Å². The van der Waals surface area contributed by atoms with E-state index in [0.717, 1.165) is 6.07 Å². The molecule has 4 N–H and O–H groups in total. The number of hydrazone groups is 1. The maximum absolute atomic E-state index is 12.6. The van der Waals surface area contributed by atoms with Gasteiger partial charge in [-0.05, 0) is 43.3 Å². The highest BCUT2D eigenvalue weighted by Crippen LogP contribution is 2.29. The van der Waals surface area contributed by atoms with Crippen LogP contribution in [-0.2, 0) is 16.6 Å². The van der Waals surface area contributed by atoms with Gasteiger partial charge in [0.05, 0.1) is 28.3 Å². The minimum atomic E-state index is -4.11. The van der Waals surface area contributed by atoms with E-state index >= 15 is 0 Å². The molecule has 3 rings (SSSR count). The van der Waals surface area contributed by atoms with E-state index in [1.807, 2.05) is 0 Å². The number of aromatic hydroxyl groups is 1. The van der Waals surface area contributed by atoms with Gasteiger partial charge in [0, 0.05) is 34.1 Å². The van der Waals surface area contributed by atoms with Crippen LogP contribution in [0.15, 0.2) is 58.7 Å². The zero-order chi connectivity index (χ0) is 24.2. The lowest BCUT2D eigenvalue weighted by atomic mass is 10.1. The van der Waals surface area contributed by atoms with Gasteiger partial charge in [-0.3, -0.25) is 25.2 Å². The summed E-state index contributed by atoms with van der Waals surface area (Å²) >= 11 is 5.79. The number of hydrogen-bond acceptors (Lipinski definition) is 9. The monoisotopic (exact) mass is 491 g/mol. The molecule has 0 spiro atoms. The van der Waals surface area contributed by atoms with Gasteiger partial charge in [0.2, 0.25) is 0 Å². The van der Waals surface area contributed by atoms with Crippen LogP contribution in [0.3, 0.4) is 0 Å². The summed E-state index contributed by atoms with van der Waals surface area (Å²) in [6.45, 7) is 1.15. The molecule has 13 heteroatoms. The zero-order valence-corrected chi connectivity index (χ0v) is 18.6. The lowest BCUT2D eigenvalue weighted by Crippen LogP contribution is -2.13. The number of aliphatic hydroxyl groups excluding tert-OH is 1.